The number of cyclic esters (lactones) is 1. The summed E-state index contributed by atoms with van der Waals surface area (Å²) in [4.78, 5) is 24.1. The number of aliphatic carboxylic acids is 1. The smallest absolute Gasteiger partial charge is 0.340 e. The van der Waals surface area contributed by atoms with Crippen LogP contribution in [0.4, 0.5) is 0 Å². The maximum absolute atomic E-state index is 12.8. The first kappa shape index (κ1) is 23.8. The number of hydrogen-bond acceptors (Lipinski definition) is 9. The first-order valence-corrected chi connectivity index (χ1v) is 11.0. The Labute approximate surface area is 204 Å². The largest absolute Gasteiger partial charge is 0.508 e. The summed E-state index contributed by atoms with van der Waals surface area (Å²) in [5, 5.41) is 49.1. The van der Waals surface area contributed by atoms with E-state index in [1.54, 1.807) is 48.5 Å². The van der Waals surface area contributed by atoms with Gasteiger partial charge in [0.25, 0.3) is 0 Å². The number of aliphatic hydroxyl groups is 3. The average molecular weight is 494 g/mol. The molecule has 2 aliphatic rings. The summed E-state index contributed by atoms with van der Waals surface area (Å²) in [5.41, 5.74) is 0.858. The van der Waals surface area contributed by atoms with Crippen LogP contribution in [-0.2, 0) is 19.9 Å². The topological polar surface area (TPSA) is 163 Å². The number of aromatic hydroxyl groups is 1. The third-order valence-electron chi connectivity index (χ3n) is 6.37. The molecule has 0 aromatic heterocycles. The molecule has 0 amide bonds. The third-order valence-corrected chi connectivity index (χ3v) is 6.37. The van der Waals surface area contributed by atoms with Crippen LogP contribution in [0, 0.1) is 0 Å². The predicted molar refractivity (Wildman–Crippen MR) is 121 cm³/mol. The van der Waals surface area contributed by atoms with E-state index in [0.29, 0.717) is 22.3 Å². The summed E-state index contributed by atoms with van der Waals surface area (Å²) in [7, 11) is 0. The molecule has 2 heterocycles. The molecule has 10 heteroatoms. The van der Waals surface area contributed by atoms with E-state index in [1.807, 2.05) is 0 Å². The maximum Gasteiger partial charge on any atom is 0.340 e. The predicted octanol–water partition coefficient (Wildman–Crippen LogP) is 1.13. The Hall–Kier alpha value is -3.96. The Kier molecular flexibility index (Phi) is 5.89. The molecular weight excluding hydrogens is 472 g/mol. The Morgan fingerprint density at radius 3 is 2.08 bits per heavy atom. The monoisotopic (exact) mass is 494 g/mol. The van der Waals surface area contributed by atoms with E-state index in [4.69, 9.17) is 14.2 Å². The van der Waals surface area contributed by atoms with Gasteiger partial charge in [0.05, 0.1) is 5.56 Å². The molecule has 1 saturated heterocycles. The highest BCUT2D eigenvalue weighted by atomic mass is 16.7. The van der Waals surface area contributed by atoms with Gasteiger partial charge in [0.15, 0.2) is 11.7 Å². The maximum atomic E-state index is 12.8. The normalized spacial score (nSPS) is 29.3. The summed E-state index contributed by atoms with van der Waals surface area (Å²) in [6.07, 6.45) is -8.69. The van der Waals surface area contributed by atoms with E-state index < -0.39 is 48.2 Å². The molecule has 6 atom stereocenters. The Balaban J connectivity index is 1.50. The van der Waals surface area contributed by atoms with Crippen molar-refractivity contribution in [3.8, 4) is 11.5 Å². The van der Waals surface area contributed by atoms with Gasteiger partial charge >= 0.3 is 11.9 Å². The molecule has 0 radical (unpaired) electrons. The van der Waals surface area contributed by atoms with E-state index in [2.05, 4.69) is 0 Å². The minimum absolute atomic E-state index is 0.0493. The van der Waals surface area contributed by atoms with E-state index in [9.17, 15) is 35.1 Å². The van der Waals surface area contributed by atoms with Gasteiger partial charge < -0.3 is 39.7 Å². The van der Waals surface area contributed by atoms with Crippen molar-refractivity contribution in [2.45, 2.75) is 36.3 Å². The van der Waals surface area contributed by atoms with Gasteiger partial charge in [-0.3, -0.25) is 0 Å². The van der Waals surface area contributed by atoms with Crippen molar-refractivity contribution in [3.05, 3.63) is 95.1 Å². The number of aliphatic hydroxyl groups excluding tert-OH is 3. The fourth-order valence-electron chi connectivity index (χ4n) is 4.56. The highest BCUT2D eigenvalue weighted by molar-refractivity contribution is 5.96. The summed E-state index contributed by atoms with van der Waals surface area (Å²) >= 11 is 0. The number of rotatable bonds is 5. The Morgan fingerprint density at radius 1 is 0.833 bits per heavy atom. The molecule has 0 saturated carbocycles. The minimum Gasteiger partial charge on any atom is -0.508 e. The van der Waals surface area contributed by atoms with Gasteiger partial charge in [-0.05, 0) is 30.3 Å². The first-order chi connectivity index (χ1) is 17.2. The van der Waals surface area contributed by atoms with Crippen molar-refractivity contribution < 1.29 is 49.3 Å². The molecule has 0 aliphatic carbocycles. The van der Waals surface area contributed by atoms with Crippen molar-refractivity contribution in [3.63, 3.8) is 0 Å². The van der Waals surface area contributed by atoms with Gasteiger partial charge in [-0.25, -0.2) is 9.59 Å². The van der Waals surface area contributed by atoms with E-state index in [-0.39, 0.29) is 11.5 Å². The van der Waals surface area contributed by atoms with E-state index in [0.717, 1.165) is 0 Å². The Morgan fingerprint density at radius 2 is 1.44 bits per heavy atom. The van der Waals surface area contributed by atoms with Gasteiger partial charge in [-0.15, -0.1) is 0 Å². The van der Waals surface area contributed by atoms with Gasteiger partial charge in [0.2, 0.25) is 6.29 Å². The van der Waals surface area contributed by atoms with E-state index in [1.165, 1.54) is 24.3 Å². The first-order valence-electron chi connectivity index (χ1n) is 11.0. The van der Waals surface area contributed by atoms with Crippen molar-refractivity contribution >= 4 is 11.9 Å². The van der Waals surface area contributed by atoms with Crippen LogP contribution >= 0.6 is 0 Å². The number of hydrogen-bond donors (Lipinski definition) is 5. The SMILES string of the molecule is O=C1OC(c2ccc(O)cc2)(c2ccc(OC3OC(C(=O)O)[C@H](O)[C@@H](O)[C@@H]3O)cc2)c2ccccc21. The molecule has 3 aromatic rings. The number of benzene rings is 3. The molecular formula is C26H22O10. The fraction of sp³-hybridized carbons (Fsp3) is 0.231. The molecule has 10 nitrogen and oxygen atoms in total. The van der Waals surface area contributed by atoms with Crippen LogP contribution in [0.2, 0.25) is 0 Å². The third kappa shape index (κ3) is 3.76. The number of fused-ring (bicyclic) bond motifs is 1. The highest BCUT2D eigenvalue weighted by Gasteiger charge is 2.49. The number of carboxylic acids is 1. The zero-order valence-corrected chi connectivity index (χ0v) is 18.6. The number of esters is 1. The number of ether oxygens (including phenoxy) is 3. The molecule has 2 aliphatic heterocycles. The summed E-state index contributed by atoms with van der Waals surface area (Å²) in [5.74, 6) is -1.82. The van der Waals surface area contributed by atoms with Crippen molar-refractivity contribution in [1.29, 1.82) is 0 Å². The molecule has 3 aromatic carbocycles. The van der Waals surface area contributed by atoms with Gasteiger partial charge in [0.1, 0.15) is 29.8 Å². The van der Waals surface area contributed by atoms with Gasteiger partial charge in [-0.2, -0.15) is 0 Å². The van der Waals surface area contributed by atoms with Gasteiger partial charge in [-0.1, -0.05) is 42.5 Å². The fourth-order valence-corrected chi connectivity index (χ4v) is 4.56. The van der Waals surface area contributed by atoms with E-state index >= 15 is 0 Å². The number of phenolic OH excluding ortho intramolecular Hbond substituents is 1. The van der Waals surface area contributed by atoms with Crippen LogP contribution in [0.1, 0.15) is 27.0 Å². The summed E-state index contributed by atoms with van der Waals surface area (Å²) in [6.45, 7) is 0. The highest BCUT2D eigenvalue weighted by Crippen LogP contribution is 2.47. The van der Waals surface area contributed by atoms with Crippen LogP contribution in [0.15, 0.2) is 72.8 Å². The number of carboxylic acid groups (broad SMARTS) is 1. The lowest BCUT2D eigenvalue weighted by Gasteiger charge is -2.38. The number of carbonyl (C=O) groups excluding carboxylic acids is 1. The lowest BCUT2D eigenvalue weighted by Crippen LogP contribution is -2.61. The molecule has 3 unspecified atom stereocenters. The average Bonchev–Trinajstić information content (AvgIpc) is 3.18. The second-order valence-corrected chi connectivity index (χ2v) is 8.54. The lowest BCUT2D eigenvalue weighted by molar-refractivity contribution is -0.271. The molecule has 5 rings (SSSR count). The zero-order valence-electron chi connectivity index (χ0n) is 18.6. The Bertz CT molecular complexity index is 1290. The van der Waals surface area contributed by atoms with Crippen molar-refractivity contribution in [1.82, 2.24) is 0 Å². The van der Waals surface area contributed by atoms with Crippen LogP contribution < -0.4 is 4.74 Å². The summed E-state index contributed by atoms with van der Waals surface area (Å²) in [6, 6.07) is 19.5. The molecule has 0 bridgehead atoms. The summed E-state index contributed by atoms with van der Waals surface area (Å²) < 4.78 is 16.7. The molecule has 186 valence electrons. The number of phenols is 1. The number of carbonyl (C=O) groups is 2. The van der Waals surface area contributed by atoms with Crippen LogP contribution in [0.3, 0.4) is 0 Å². The van der Waals surface area contributed by atoms with Gasteiger partial charge in [0, 0.05) is 16.7 Å². The molecule has 5 N–H and O–H groups in total. The van der Waals surface area contributed by atoms with Crippen molar-refractivity contribution in [2.75, 3.05) is 0 Å². The molecule has 1 fully saturated rings. The second kappa shape index (κ2) is 8.92. The molecule has 36 heavy (non-hydrogen) atoms. The zero-order chi connectivity index (χ0) is 25.6. The molecule has 0 spiro atoms. The lowest BCUT2D eigenvalue weighted by atomic mass is 9.80. The minimum atomic E-state index is -1.83. The quantitative estimate of drug-likeness (QED) is 0.325. The second-order valence-electron chi connectivity index (χ2n) is 8.54. The van der Waals surface area contributed by atoms with Crippen molar-refractivity contribution in [2.24, 2.45) is 0 Å². The van der Waals surface area contributed by atoms with Crippen LogP contribution in [0.5, 0.6) is 11.5 Å². The van der Waals surface area contributed by atoms with Crippen LogP contribution in [-0.4, -0.2) is 68.2 Å². The van der Waals surface area contributed by atoms with Crippen LogP contribution in [0.25, 0.3) is 0 Å². The standard InChI is InChI=1S/C26H22O10/c27-15-9-5-13(6-10-15)26(18-4-2-1-3-17(18)24(33)36-26)14-7-11-16(12-8-14)34-25-21(30)19(28)20(29)22(35-25)23(31)32/h1-12,19-22,25,27-30H,(H,31,32)/t19-,20-,21+,22?,25?,26?/m1/s1.